The summed E-state index contributed by atoms with van der Waals surface area (Å²) < 4.78 is 6.94. The van der Waals surface area contributed by atoms with Gasteiger partial charge in [-0.05, 0) is 19.4 Å². The van der Waals surface area contributed by atoms with E-state index in [9.17, 15) is 29.4 Å². The van der Waals surface area contributed by atoms with Gasteiger partial charge in [-0.1, -0.05) is 13.3 Å². The predicted molar refractivity (Wildman–Crippen MR) is 105 cm³/mol. The normalized spacial score (nSPS) is 10.8. The molecule has 142 valence electrons. The molecule has 28 heavy (non-hydrogen) atoms. The van der Waals surface area contributed by atoms with E-state index in [2.05, 4.69) is 0 Å². The Balaban J connectivity index is 0.00000280. The van der Waals surface area contributed by atoms with Crippen molar-refractivity contribution in [1.82, 2.24) is 4.57 Å². The second-order valence-electron chi connectivity index (χ2n) is 6.10. The molecule has 0 saturated carbocycles. The van der Waals surface area contributed by atoms with E-state index in [1.165, 1.54) is 10.6 Å². The SMILES string of the molecule is CCCc1c2oc(C(=O)O)cc(=O)c2cc2c(=O)cc(C(=O)O)n(CC)c12.[NaH]. The van der Waals surface area contributed by atoms with Gasteiger partial charge in [0.05, 0.1) is 10.9 Å². The fourth-order valence-corrected chi connectivity index (χ4v) is 3.34. The molecular formula is C19H18NNaO7. The van der Waals surface area contributed by atoms with Gasteiger partial charge in [0.2, 0.25) is 5.76 Å². The monoisotopic (exact) mass is 395 g/mol. The van der Waals surface area contributed by atoms with Crippen LogP contribution < -0.4 is 10.9 Å². The first-order valence-electron chi connectivity index (χ1n) is 8.44. The molecule has 0 saturated heterocycles. The molecule has 3 aromatic rings. The molecule has 8 nitrogen and oxygen atoms in total. The molecule has 0 bridgehead atoms. The van der Waals surface area contributed by atoms with E-state index < -0.39 is 28.6 Å². The Hall–Kier alpha value is -2.42. The van der Waals surface area contributed by atoms with E-state index in [0.717, 1.165) is 12.1 Å². The molecule has 2 N–H and O–H groups in total. The Morgan fingerprint density at radius 1 is 1.00 bits per heavy atom. The Morgan fingerprint density at radius 3 is 2.18 bits per heavy atom. The average Bonchev–Trinajstić information content (AvgIpc) is 2.62. The summed E-state index contributed by atoms with van der Waals surface area (Å²) in [5, 5.41) is 19.0. The zero-order chi connectivity index (χ0) is 19.9. The van der Waals surface area contributed by atoms with Gasteiger partial charge >= 0.3 is 41.5 Å². The Kier molecular flexibility index (Phi) is 6.48. The predicted octanol–water partition coefficient (Wildman–Crippen LogP) is 1.83. The van der Waals surface area contributed by atoms with Gasteiger partial charge in [-0.15, -0.1) is 0 Å². The fraction of sp³-hybridized carbons (Fsp3) is 0.263. The van der Waals surface area contributed by atoms with Gasteiger partial charge in [0.25, 0.3) is 0 Å². The molecular weight excluding hydrogens is 377 g/mol. The van der Waals surface area contributed by atoms with Gasteiger partial charge in [-0.2, -0.15) is 0 Å². The van der Waals surface area contributed by atoms with Crippen LogP contribution in [0.3, 0.4) is 0 Å². The van der Waals surface area contributed by atoms with E-state index >= 15 is 0 Å². The number of aromatic nitrogens is 1. The van der Waals surface area contributed by atoms with E-state index in [-0.39, 0.29) is 58.2 Å². The number of rotatable bonds is 5. The zero-order valence-corrected chi connectivity index (χ0v) is 14.7. The molecule has 0 amide bonds. The summed E-state index contributed by atoms with van der Waals surface area (Å²) in [6.07, 6.45) is 0.993. The number of nitrogens with zero attached hydrogens (tertiary/aromatic N) is 1. The van der Waals surface area contributed by atoms with Crippen LogP contribution >= 0.6 is 0 Å². The van der Waals surface area contributed by atoms with E-state index in [1.54, 1.807) is 6.92 Å². The van der Waals surface area contributed by atoms with Crippen molar-refractivity contribution in [3.63, 3.8) is 0 Å². The number of carbonyl (C=O) groups is 2. The summed E-state index contributed by atoms with van der Waals surface area (Å²) in [6, 6.07) is 3.25. The Bertz CT molecular complexity index is 1220. The number of aromatic carboxylic acids is 2. The number of aryl methyl sites for hydroxylation is 2. The fourth-order valence-electron chi connectivity index (χ4n) is 3.34. The number of hydrogen-bond donors (Lipinski definition) is 2. The molecule has 0 spiro atoms. The van der Waals surface area contributed by atoms with Crippen LogP contribution in [0.1, 0.15) is 46.9 Å². The Labute approximate surface area is 180 Å². The van der Waals surface area contributed by atoms with Gasteiger partial charge in [-0.3, -0.25) is 9.59 Å². The van der Waals surface area contributed by atoms with Crippen molar-refractivity contribution in [2.45, 2.75) is 33.2 Å². The van der Waals surface area contributed by atoms with Gasteiger partial charge in [0.15, 0.2) is 10.9 Å². The van der Waals surface area contributed by atoms with Crippen molar-refractivity contribution in [1.29, 1.82) is 0 Å². The van der Waals surface area contributed by atoms with Crippen LogP contribution in [0, 0.1) is 0 Å². The van der Waals surface area contributed by atoms with Crippen LogP contribution in [0.15, 0.2) is 32.2 Å². The molecule has 0 atom stereocenters. The van der Waals surface area contributed by atoms with Gasteiger partial charge in [-0.25, -0.2) is 9.59 Å². The van der Waals surface area contributed by atoms with Gasteiger partial charge < -0.3 is 19.2 Å². The number of pyridine rings is 1. The van der Waals surface area contributed by atoms with Crippen molar-refractivity contribution in [3.8, 4) is 0 Å². The molecule has 9 heteroatoms. The molecule has 0 aliphatic rings. The summed E-state index contributed by atoms with van der Waals surface area (Å²) >= 11 is 0. The minimum atomic E-state index is -1.39. The zero-order valence-electron chi connectivity index (χ0n) is 14.7. The van der Waals surface area contributed by atoms with Gasteiger partial charge in [0.1, 0.15) is 11.3 Å². The topological polar surface area (TPSA) is 127 Å². The third-order valence-electron chi connectivity index (χ3n) is 4.43. The van der Waals surface area contributed by atoms with Crippen molar-refractivity contribution in [3.05, 3.63) is 55.7 Å². The van der Waals surface area contributed by atoms with E-state index in [0.29, 0.717) is 23.9 Å². The van der Waals surface area contributed by atoms with Crippen LogP contribution in [-0.2, 0) is 13.0 Å². The van der Waals surface area contributed by atoms with Crippen LogP contribution in [0.2, 0.25) is 0 Å². The number of carboxylic acids is 2. The molecule has 0 aliphatic heterocycles. The first kappa shape index (κ1) is 21.9. The third kappa shape index (κ3) is 3.50. The summed E-state index contributed by atoms with van der Waals surface area (Å²) in [6.45, 7) is 3.88. The van der Waals surface area contributed by atoms with Crippen LogP contribution in [-0.4, -0.2) is 56.3 Å². The first-order chi connectivity index (χ1) is 12.8. The minimum absolute atomic E-state index is 0. The third-order valence-corrected chi connectivity index (χ3v) is 4.43. The van der Waals surface area contributed by atoms with Gasteiger partial charge in [0, 0.05) is 29.6 Å². The van der Waals surface area contributed by atoms with Crippen molar-refractivity contribution < 1.29 is 24.2 Å². The molecule has 0 fully saturated rings. The molecule has 1 aromatic carbocycles. The van der Waals surface area contributed by atoms with Crippen LogP contribution in [0.5, 0.6) is 0 Å². The second-order valence-corrected chi connectivity index (χ2v) is 6.10. The standard InChI is InChI=1S/C19H17NO7.Na.H/c1-3-5-9-16-10(13(21)7-12(18(23)24)20(16)4-2)6-11-14(22)8-15(19(25)26)27-17(9)11;;/h6-8H,3-5H2,1-2H3,(H,23,24)(H,25,26);;. The number of benzene rings is 1. The summed E-state index contributed by atoms with van der Waals surface area (Å²) in [5.74, 6) is -3.15. The second kappa shape index (κ2) is 8.30. The Morgan fingerprint density at radius 2 is 1.64 bits per heavy atom. The summed E-state index contributed by atoms with van der Waals surface area (Å²) in [4.78, 5) is 47.9. The first-order valence-corrected chi connectivity index (χ1v) is 8.44. The maximum atomic E-state index is 12.6. The number of fused-ring (bicyclic) bond motifs is 2. The van der Waals surface area contributed by atoms with Crippen LogP contribution in [0.25, 0.3) is 21.9 Å². The van der Waals surface area contributed by atoms with Crippen LogP contribution in [0.4, 0.5) is 0 Å². The number of carboxylic acid groups (broad SMARTS) is 2. The summed E-state index contributed by atoms with van der Waals surface area (Å²) in [5.41, 5.74) is -0.401. The van der Waals surface area contributed by atoms with Crippen molar-refractivity contribution in [2.24, 2.45) is 0 Å². The van der Waals surface area contributed by atoms with E-state index in [1.807, 2.05) is 6.92 Å². The molecule has 2 aromatic heterocycles. The number of hydrogen-bond acceptors (Lipinski definition) is 5. The molecule has 0 radical (unpaired) electrons. The quantitative estimate of drug-likeness (QED) is 0.498. The molecule has 2 heterocycles. The molecule has 3 rings (SSSR count). The molecule has 0 unspecified atom stereocenters. The average molecular weight is 395 g/mol. The maximum absolute atomic E-state index is 12.6. The summed E-state index contributed by atoms with van der Waals surface area (Å²) in [7, 11) is 0. The van der Waals surface area contributed by atoms with E-state index in [4.69, 9.17) is 4.42 Å². The molecule has 0 aliphatic carbocycles. The van der Waals surface area contributed by atoms with Crippen molar-refractivity contribution in [2.75, 3.05) is 0 Å². The van der Waals surface area contributed by atoms with Crippen molar-refractivity contribution >= 4 is 63.4 Å².